The van der Waals surface area contributed by atoms with Gasteiger partial charge in [0.25, 0.3) is 0 Å². The standard InChI is InChI=1S/C14H12F3N5S/c15-14(16,17)9-2-1-3-11(6-9)22-12(19-8-20-22)5-4-10-7-23-13(18)21-10/h1-3,6-8H,4-5H2,(H2,18,21). The van der Waals surface area contributed by atoms with Gasteiger partial charge in [0.2, 0.25) is 0 Å². The van der Waals surface area contributed by atoms with Crippen molar-refractivity contribution in [3.8, 4) is 5.69 Å². The van der Waals surface area contributed by atoms with Crippen molar-refractivity contribution in [3.63, 3.8) is 0 Å². The zero-order chi connectivity index (χ0) is 16.4. The van der Waals surface area contributed by atoms with Gasteiger partial charge >= 0.3 is 6.18 Å². The van der Waals surface area contributed by atoms with Gasteiger partial charge in [0.05, 0.1) is 16.9 Å². The van der Waals surface area contributed by atoms with Crippen LogP contribution in [0.5, 0.6) is 0 Å². The fourth-order valence-electron chi connectivity index (χ4n) is 2.14. The summed E-state index contributed by atoms with van der Waals surface area (Å²) >= 11 is 1.35. The second-order valence-corrected chi connectivity index (χ2v) is 5.70. The minimum atomic E-state index is -4.39. The van der Waals surface area contributed by atoms with Crippen LogP contribution in [0.2, 0.25) is 0 Å². The van der Waals surface area contributed by atoms with Gasteiger partial charge in [-0.3, -0.25) is 0 Å². The van der Waals surface area contributed by atoms with Crippen molar-refractivity contribution in [3.05, 3.63) is 53.1 Å². The molecule has 0 bridgehead atoms. The molecule has 0 spiro atoms. The van der Waals surface area contributed by atoms with Gasteiger partial charge in [-0.1, -0.05) is 6.07 Å². The second-order valence-electron chi connectivity index (χ2n) is 4.81. The molecule has 0 aliphatic carbocycles. The fraction of sp³-hybridized carbons (Fsp3) is 0.214. The Morgan fingerprint density at radius 1 is 1.22 bits per heavy atom. The Balaban J connectivity index is 1.83. The van der Waals surface area contributed by atoms with Crippen LogP contribution < -0.4 is 5.73 Å². The Morgan fingerprint density at radius 2 is 2.04 bits per heavy atom. The maximum absolute atomic E-state index is 12.8. The molecule has 0 saturated carbocycles. The number of hydrogen-bond donors (Lipinski definition) is 1. The number of aryl methyl sites for hydroxylation is 2. The third-order valence-corrected chi connectivity index (χ3v) is 3.93. The third-order valence-electron chi connectivity index (χ3n) is 3.21. The Labute approximate surface area is 133 Å². The summed E-state index contributed by atoms with van der Waals surface area (Å²) in [6, 6.07) is 5.00. The number of benzene rings is 1. The zero-order valence-corrected chi connectivity index (χ0v) is 12.6. The molecule has 0 saturated heterocycles. The molecule has 5 nitrogen and oxygen atoms in total. The summed E-state index contributed by atoms with van der Waals surface area (Å²) in [6.07, 6.45) is -1.98. The first kappa shape index (κ1) is 15.5. The lowest BCUT2D eigenvalue weighted by molar-refractivity contribution is -0.137. The summed E-state index contributed by atoms with van der Waals surface area (Å²) in [6.45, 7) is 0. The molecule has 9 heteroatoms. The van der Waals surface area contributed by atoms with E-state index in [0.29, 0.717) is 29.5 Å². The van der Waals surface area contributed by atoms with Crippen LogP contribution in [0.4, 0.5) is 18.3 Å². The van der Waals surface area contributed by atoms with E-state index in [2.05, 4.69) is 15.1 Å². The van der Waals surface area contributed by atoms with Crippen molar-refractivity contribution in [1.82, 2.24) is 19.7 Å². The SMILES string of the molecule is Nc1nc(CCc2ncnn2-c2cccc(C(F)(F)F)c2)cs1. The van der Waals surface area contributed by atoms with Gasteiger partial charge in [-0.2, -0.15) is 18.3 Å². The van der Waals surface area contributed by atoms with E-state index in [0.717, 1.165) is 17.8 Å². The number of aromatic nitrogens is 4. The van der Waals surface area contributed by atoms with E-state index in [1.54, 1.807) is 6.07 Å². The highest BCUT2D eigenvalue weighted by molar-refractivity contribution is 7.13. The van der Waals surface area contributed by atoms with E-state index >= 15 is 0 Å². The molecular formula is C14H12F3N5S. The number of halogens is 3. The van der Waals surface area contributed by atoms with E-state index in [1.807, 2.05) is 5.38 Å². The normalized spacial score (nSPS) is 11.8. The molecule has 2 aromatic heterocycles. The second kappa shape index (κ2) is 5.99. The van der Waals surface area contributed by atoms with E-state index < -0.39 is 11.7 Å². The van der Waals surface area contributed by atoms with Gasteiger partial charge in [-0.25, -0.2) is 14.6 Å². The molecule has 0 radical (unpaired) electrons. The molecule has 23 heavy (non-hydrogen) atoms. The monoisotopic (exact) mass is 339 g/mol. The van der Waals surface area contributed by atoms with E-state index in [-0.39, 0.29) is 0 Å². The molecule has 0 unspecified atom stereocenters. The Hall–Kier alpha value is -2.42. The van der Waals surface area contributed by atoms with Crippen molar-refractivity contribution < 1.29 is 13.2 Å². The quantitative estimate of drug-likeness (QED) is 0.793. The Bertz CT molecular complexity index is 809. The van der Waals surface area contributed by atoms with Crippen molar-refractivity contribution in [2.24, 2.45) is 0 Å². The minimum Gasteiger partial charge on any atom is -0.375 e. The van der Waals surface area contributed by atoms with Crippen LogP contribution in [-0.2, 0) is 19.0 Å². The van der Waals surface area contributed by atoms with Crippen molar-refractivity contribution in [1.29, 1.82) is 0 Å². The number of alkyl halides is 3. The molecule has 2 heterocycles. The Morgan fingerprint density at radius 3 is 2.74 bits per heavy atom. The van der Waals surface area contributed by atoms with Gasteiger partial charge in [-0.15, -0.1) is 11.3 Å². The van der Waals surface area contributed by atoms with Crippen LogP contribution in [0.3, 0.4) is 0 Å². The van der Waals surface area contributed by atoms with Gasteiger partial charge in [0.1, 0.15) is 12.2 Å². The van der Waals surface area contributed by atoms with E-state index in [4.69, 9.17) is 5.73 Å². The van der Waals surface area contributed by atoms with Crippen molar-refractivity contribution in [2.45, 2.75) is 19.0 Å². The smallest absolute Gasteiger partial charge is 0.375 e. The van der Waals surface area contributed by atoms with Crippen molar-refractivity contribution >= 4 is 16.5 Å². The molecule has 0 fully saturated rings. The molecule has 3 aromatic rings. The summed E-state index contributed by atoms with van der Waals surface area (Å²) in [5.74, 6) is 0.566. The zero-order valence-electron chi connectivity index (χ0n) is 11.8. The lowest BCUT2D eigenvalue weighted by Gasteiger charge is -2.10. The molecule has 0 aliphatic heterocycles. The van der Waals surface area contributed by atoms with Crippen LogP contribution in [0.15, 0.2) is 36.0 Å². The summed E-state index contributed by atoms with van der Waals surface area (Å²) in [7, 11) is 0. The number of rotatable bonds is 4. The molecule has 1 aromatic carbocycles. The highest BCUT2D eigenvalue weighted by Crippen LogP contribution is 2.30. The predicted octanol–water partition coefficient (Wildman–Crippen LogP) is 3.11. The van der Waals surface area contributed by atoms with Gasteiger partial charge in [-0.05, 0) is 24.6 Å². The molecule has 0 amide bonds. The summed E-state index contributed by atoms with van der Waals surface area (Å²) in [5, 5.41) is 6.36. The fourth-order valence-corrected chi connectivity index (χ4v) is 2.74. The maximum Gasteiger partial charge on any atom is 0.416 e. The highest BCUT2D eigenvalue weighted by Gasteiger charge is 2.30. The average Bonchev–Trinajstić information content (AvgIpc) is 3.13. The van der Waals surface area contributed by atoms with Gasteiger partial charge < -0.3 is 5.73 Å². The summed E-state index contributed by atoms with van der Waals surface area (Å²) in [5.41, 5.74) is 6.00. The number of hydrogen-bond acceptors (Lipinski definition) is 5. The van der Waals surface area contributed by atoms with Crippen LogP contribution in [0.25, 0.3) is 5.69 Å². The highest BCUT2D eigenvalue weighted by atomic mass is 32.1. The predicted molar refractivity (Wildman–Crippen MR) is 80.3 cm³/mol. The van der Waals surface area contributed by atoms with Crippen molar-refractivity contribution in [2.75, 3.05) is 5.73 Å². The van der Waals surface area contributed by atoms with Crippen LogP contribution in [0, 0.1) is 0 Å². The Kier molecular flexibility index (Phi) is 4.03. The molecule has 3 rings (SSSR count). The molecule has 0 atom stereocenters. The van der Waals surface area contributed by atoms with Gasteiger partial charge in [0, 0.05) is 11.8 Å². The first-order valence-corrected chi connectivity index (χ1v) is 7.58. The molecular weight excluding hydrogens is 327 g/mol. The number of nitrogens with two attached hydrogens (primary N) is 1. The van der Waals surface area contributed by atoms with Crippen LogP contribution in [-0.4, -0.2) is 19.7 Å². The third kappa shape index (κ3) is 3.50. The number of nitrogens with zero attached hydrogens (tertiary/aromatic N) is 4. The topological polar surface area (TPSA) is 69.6 Å². The molecule has 120 valence electrons. The van der Waals surface area contributed by atoms with Gasteiger partial charge in [0.15, 0.2) is 5.13 Å². The summed E-state index contributed by atoms with van der Waals surface area (Å²) in [4.78, 5) is 8.27. The first-order valence-electron chi connectivity index (χ1n) is 6.70. The summed E-state index contributed by atoms with van der Waals surface area (Å²) < 4.78 is 39.9. The van der Waals surface area contributed by atoms with E-state index in [1.165, 1.54) is 28.4 Å². The first-order chi connectivity index (χ1) is 10.9. The van der Waals surface area contributed by atoms with Crippen LogP contribution in [0.1, 0.15) is 17.1 Å². The average molecular weight is 339 g/mol. The minimum absolute atomic E-state index is 0.324. The lowest BCUT2D eigenvalue weighted by Crippen LogP contribution is -2.09. The molecule has 0 aliphatic rings. The molecule has 2 N–H and O–H groups in total. The van der Waals surface area contributed by atoms with E-state index in [9.17, 15) is 13.2 Å². The lowest BCUT2D eigenvalue weighted by atomic mass is 10.2. The number of nitrogen functional groups attached to an aromatic ring is 1. The number of anilines is 1. The van der Waals surface area contributed by atoms with Crippen LogP contribution >= 0.6 is 11.3 Å². The maximum atomic E-state index is 12.8. The largest absolute Gasteiger partial charge is 0.416 e. The number of thiazole rings is 1.